The molecule has 0 fully saturated rings. The number of hydrogen-bond donors (Lipinski definition) is 0. The molecule has 1 heteroatoms. The van der Waals surface area contributed by atoms with Crippen molar-refractivity contribution >= 4 is 55.8 Å². The Bertz CT molecular complexity index is 3280. The van der Waals surface area contributed by atoms with Gasteiger partial charge in [0.1, 0.15) is 0 Å². The lowest BCUT2D eigenvalue weighted by Gasteiger charge is -2.33. The second kappa shape index (κ2) is 14.7. The maximum Gasteiger partial charge on any atom is 0.0546 e. The molecule has 0 radical (unpaired) electrons. The SMILES string of the molecule is CC12C=C(c3ccc(N(c4ccc(-c5ccc6ccccc6c5)cc4)c4cc(-c5ccc6ccccc6c5)ccc4-c4ccccc4)cc3)C=CC1=c1ccccc1=CC2. The summed E-state index contributed by atoms with van der Waals surface area (Å²) in [6, 6.07) is 75.5. The van der Waals surface area contributed by atoms with Gasteiger partial charge in [0.05, 0.1) is 5.69 Å². The van der Waals surface area contributed by atoms with Crippen molar-refractivity contribution < 1.29 is 0 Å². The van der Waals surface area contributed by atoms with E-state index in [-0.39, 0.29) is 5.41 Å². The van der Waals surface area contributed by atoms with Crippen LogP contribution in [0.3, 0.4) is 0 Å². The summed E-state index contributed by atoms with van der Waals surface area (Å²) in [7, 11) is 0. The summed E-state index contributed by atoms with van der Waals surface area (Å²) in [6.45, 7) is 2.38. The van der Waals surface area contributed by atoms with E-state index in [1.165, 1.54) is 82.1 Å². The minimum atomic E-state index is -0.0519. The second-order valence-electron chi connectivity index (χ2n) is 16.4. The van der Waals surface area contributed by atoms with Crippen molar-refractivity contribution in [3.63, 3.8) is 0 Å². The number of rotatable bonds is 7. The van der Waals surface area contributed by atoms with Crippen LogP contribution in [0, 0.1) is 5.41 Å². The van der Waals surface area contributed by atoms with Crippen molar-refractivity contribution in [3.05, 3.63) is 240 Å². The number of allylic oxidation sites excluding steroid dienone is 4. The Morgan fingerprint density at radius 2 is 0.950 bits per heavy atom. The van der Waals surface area contributed by atoms with Crippen molar-refractivity contribution in [2.75, 3.05) is 4.90 Å². The summed E-state index contributed by atoms with van der Waals surface area (Å²) in [6.07, 6.45) is 10.5. The molecule has 1 atom stereocenters. The maximum atomic E-state index is 2.48. The fourth-order valence-corrected chi connectivity index (χ4v) is 9.35. The molecule has 9 aromatic rings. The molecule has 0 saturated carbocycles. The summed E-state index contributed by atoms with van der Waals surface area (Å²) in [5.74, 6) is 0. The Balaban J connectivity index is 1.05. The third-order valence-electron chi connectivity index (χ3n) is 12.6. The Labute approximate surface area is 351 Å². The molecule has 0 amide bonds. The molecule has 9 aromatic carbocycles. The Kier molecular flexibility index (Phi) is 8.75. The highest BCUT2D eigenvalue weighted by atomic mass is 15.1. The lowest BCUT2D eigenvalue weighted by molar-refractivity contribution is 0.592. The van der Waals surface area contributed by atoms with Gasteiger partial charge in [-0.15, -0.1) is 0 Å². The Morgan fingerprint density at radius 3 is 1.63 bits per heavy atom. The van der Waals surface area contributed by atoms with Crippen LogP contribution in [0.2, 0.25) is 0 Å². The number of hydrogen-bond acceptors (Lipinski definition) is 1. The van der Waals surface area contributed by atoms with Crippen LogP contribution in [-0.4, -0.2) is 0 Å². The molecule has 11 rings (SSSR count). The molecule has 0 saturated heterocycles. The molecule has 0 spiro atoms. The van der Waals surface area contributed by atoms with Crippen molar-refractivity contribution in [1.29, 1.82) is 0 Å². The van der Waals surface area contributed by atoms with E-state index >= 15 is 0 Å². The van der Waals surface area contributed by atoms with Crippen molar-refractivity contribution in [1.82, 2.24) is 0 Å². The molecule has 1 unspecified atom stereocenters. The molecular formula is C59H43N. The van der Waals surface area contributed by atoms with Gasteiger partial charge in [-0.05, 0) is 125 Å². The smallest absolute Gasteiger partial charge is 0.0546 e. The Morgan fingerprint density at radius 1 is 0.417 bits per heavy atom. The van der Waals surface area contributed by atoms with Gasteiger partial charge in [-0.3, -0.25) is 0 Å². The number of nitrogens with zero attached hydrogens (tertiary/aromatic N) is 1. The lowest BCUT2D eigenvalue weighted by atomic mass is 9.71. The Hall–Kier alpha value is -7.48. The second-order valence-corrected chi connectivity index (χ2v) is 16.4. The monoisotopic (exact) mass is 765 g/mol. The van der Waals surface area contributed by atoms with E-state index in [4.69, 9.17) is 0 Å². The minimum Gasteiger partial charge on any atom is -0.310 e. The largest absolute Gasteiger partial charge is 0.310 e. The van der Waals surface area contributed by atoms with Gasteiger partial charge in [0.15, 0.2) is 0 Å². The number of anilines is 3. The molecule has 2 aliphatic rings. The zero-order valence-corrected chi connectivity index (χ0v) is 33.6. The topological polar surface area (TPSA) is 3.24 Å². The molecule has 284 valence electrons. The van der Waals surface area contributed by atoms with E-state index in [2.05, 4.69) is 242 Å². The van der Waals surface area contributed by atoms with Gasteiger partial charge in [-0.25, -0.2) is 0 Å². The first-order chi connectivity index (χ1) is 29.6. The van der Waals surface area contributed by atoms with Crippen LogP contribution in [0.25, 0.3) is 72.1 Å². The molecule has 0 N–H and O–H groups in total. The molecule has 0 heterocycles. The predicted molar refractivity (Wildman–Crippen MR) is 256 cm³/mol. The highest BCUT2D eigenvalue weighted by molar-refractivity contribution is 5.94. The van der Waals surface area contributed by atoms with Gasteiger partial charge in [-0.1, -0.05) is 195 Å². The average Bonchev–Trinajstić information content (AvgIpc) is 3.31. The highest BCUT2D eigenvalue weighted by Gasteiger charge is 2.30. The van der Waals surface area contributed by atoms with E-state index in [1.807, 2.05) is 0 Å². The normalized spacial score (nSPS) is 15.6. The molecule has 60 heavy (non-hydrogen) atoms. The third-order valence-corrected chi connectivity index (χ3v) is 12.6. The zero-order valence-electron chi connectivity index (χ0n) is 33.6. The summed E-state index contributed by atoms with van der Waals surface area (Å²) in [4.78, 5) is 2.44. The first-order valence-corrected chi connectivity index (χ1v) is 21.0. The van der Waals surface area contributed by atoms with Gasteiger partial charge >= 0.3 is 0 Å². The first kappa shape index (κ1) is 35.7. The van der Waals surface area contributed by atoms with E-state index in [0.29, 0.717) is 0 Å². The van der Waals surface area contributed by atoms with Crippen LogP contribution >= 0.6 is 0 Å². The van der Waals surface area contributed by atoms with Crippen LogP contribution < -0.4 is 15.3 Å². The number of fused-ring (bicyclic) bond motifs is 4. The number of benzene rings is 9. The maximum absolute atomic E-state index is 2.48. The van der Waals surface area contributed by atoms with Gasteiger partial charge in [0.2, 0.25) is 0 Å². The molecular weight excluding hydrogens is 723 g/mol. The summed E-state index contributed by atoms with van der Waals surface area (Å²) in [5.41, 5.74) is 14.3. The highest BCUT2D eigenvalue weighted by Crippen LogP contribution is 2.45. The fraction of sp³-hybridized carbons (Fsp3) is 0.0508. The zero-order chi connectivity index (χ0) is 40.0. The van der Waals surface area contributed by atoms with E-state index < -0.39 is 0 Å². The van der Waals surface area contributed by atoms with Crippen LogP contribution in [-0.2, 0) is 0 Å². The van der Waals surface area contributed by atoms with E-state index in [9.17, 15) is 0 Å². The molecule has 1 nitrogen and oxygen atoms in total. The quantitative estimate of drug-likeness (QED) is 0.156. The molecule has 2 aliphatic carbocycles. The predicted octanol–water partition coefficient (Wildman–Crippen LogP) is 14.5. The fourth-order valence-electron chi connectivity index (χ4n) is 9.35. The minimum absolute atomic E-state index is 0.0519. The van der Waals surface area contributed by atoms with Gasteiger partial charge in [-0.2, -0.15) is 0 Å². The lowest BCUT2D eigenvalue weighted by Crippen LogP contribution is -2.36. The van der Waals surface area contributed by atoms with Gasteiger partial charge in [0, 0.05) is 22.4 Å². The summed E-state index contributed by atoms with van der Waals surface area (Å²) >= 11 is 0. The van der Waals surface area contributed by atoms with Gasteiger partial charge in [0.25, 0.3) is 0 Å². The van der Waals surface area contributed by atoms with E-state index in [0.717, 1.165) is 23.5 Å². The van der Waals surface area contributed by atoms with E-state index in [1.54, 1.807) is 0 Å². The summed E-state index contributed by atoms with van der Waals surface area (Å²) < 4.78 is 0. The molecule has 0 bridgehead atoms. The standard InChI is InChI=1S/C59H43N/c1-59-36-35-46-15-9-10-18-55(46)57(59)34-28-52(40-59)44-25-31-54(32-26-44)60(53-29-23-43(24-30-53)49-21-19-41-11-5-7-16-47(41)37-49)58-39-51(27-33-56(58)45-13-3-2-4-14-45)50-22-20-42-12-6-8-17-48(42)38-50/h2-35,37-40H,36H2,1H3. The van der Waals surface area contributed by atoms with Crippen molar-refractivity contribution in [2.45, 2.75) is 13.3 Å². The van der Waals surface area contributed by atoms with Crippen LogP contribution in [0.4, 0.5) is 17.1 Å². The van der Waals surface area contributed by atoms with Crippen molar-refractivity contribution in [3.8, 4) is 33.4 Å². The van der Waals surface area contributed by atoms with Crippen molar-refractivity contribution in [2.24, 2.45) is 5.41 Å². The van der Waals surface area contributed by atoms with Gasteiger partial charge < -0.3 is 4.90 Å². The summed E-state index contributed by atoms with van der Waals surface area (Å²) in [5, 5.41) is 7.66. The molecule has 0 aromatic heterocycles. The molecule has 0 aliphatic heterocycles. The van der Waals surface area contributed by atoms with Crippen LogP contribution in [0.15, 0.2) is 224 Å². The average molecular weight is 766 g/mol. The van der Waals surface area contributed by atoms with Crippen LogP contribution in [0.5, 0.6) is 0 Å². The first-order valence-electron chi connectivity index (χ1n) is 21.0. The van der Waals surface area contributed by atoms with Crippen LogP contribution in [0.1, 0.15) is 18.9 Å². The third kappa shape index (κ3) is 6.46.